The van der Waals surface area contributed by atoms with Crippen LogP contribution in [0.5, 0.6) is 0 Å². The predicted octanol–water partition coefficient (Wildman–Crippen LogP) is 6.97. The van der Waals surface area contributed by atoms with E-state index >= 15 is 0 Å². The maximum atomic E-state index is 6.53. The van der Waals surface area contributed by atoms with Crippen LogP contribution in [0.1, 0.15) is 12.5 Å². The van der Waals surface area contributed by atoms with Crippen molar-refractivity contribution in [3.8, 4) is 0 Å². The first kappa shape index (κ1) is 20.2. The van der Waals surface area contributed by atoms with Crippen molar-refractivity contribution in [2.24, 2.45) is 0 Å². The summed E-state index contributed by atoms with van der Waals surface area (Å²) in [6.45, 7) is 8.40. The molecule has 0 amide bonds. The number of fused-ring (bicyclic) bond motifs is 9. The van der Waals surface area contributed by atoms with Crippen molar-refractivity contribution in [2.75, 3.05) is 7.05 Å². The molecule has 0 aliphatic carbocycles. The zero-order valence-corrected chi connectivity index (χ0v) is 20.8. The van der Waals surface area contributed by atoms with Gasteiger partial charge in [-0.25, -0.2) is 4.58 Å². The van der Waals surface area contributed by atoms with E-state index < -0.39 is 0 Å². The van der Waals surface area contributed by atoms with E-state index in [2.05, 4.69) is 81.6 Å². The van der Waals surface area contributed by atoms with Crippen LogP contribution in [-0.2, 0) is 0 Å². The topological polar surface area (TPSA) is 38.4 Å². The molecule has 0 saturated carbocycles. The molecular weight excluding hydrogens is 523 g/mol. The fourth-order valence-electron chi connectivity index (χ4n) is 4.74. The summed E-state index contributed by atoms with van der Waals surface area (Å²) in [7, 11) is 1.96. The predicted molar refractivity (Wildman–Crippen MR) is 145 cm³/mol. The second-order valence-electron chi connectivity index (χ2n) is 8.26. The van der Waals surface area contributed by atoms with Gasteiger partial charge in [-0.15, -0.1) is 0 Å². The van der Waals surface area contributed by atoms with Crippen LogP contribution >= 0.6 is 22.6 Å². The van der Waals surface area contributed by atoms with Gasteiger partial charge >= 0.3 is 5.78 Å². The highest BCUT2D eigenvalue weighted by molar-refractivity contribution is 14.1. The Bertz CT molecular complexity index is 1830. The van der Waals surface area contributed by atoms with Crippen LogP contribution in [0.25, 0.3) is 55.6 Å². The lowest BCUT2D eigenvalue weighted by Crippen LogP contribution is -2.10. The lowest BCUT2D eigenvalue weighted by Gasteiger charge is -2.07. The lowest BCUT2D eigenvalue weighted by molar-refractivity contribution is -0.392. The highest BCUT2D eigenvalue weighted by atomic mass is 127. The van der Waals surface area contributed by atoms with E-state index in [0.717, 1.165) is 55.6 Å². The van der Waals surface area contributed by atoms with Crippen LogP contribution in [0.15, 0.2) is 71.2 Å². The number of nitrogens with zero attached hydrogens (tertiary/aromatic N) is 4. The largest absolute Gasteiger partial charge is 0.454 e. The number of allylic oxidation sites excluding steroid dienone is 3. The Hall–Kier alpha value is -3.39. The number of hydrogen-bond acceptors (Lipinski definition) is 2. The molecule has 0 atom stereocenters. The van der Waals surface area contributed by atoms with Crippen LogP contribution in [0.3, 0.4) is 0 Å². The average Bonchev–Trinajstić information content (AvgIpc) is 3.46. The van der Waals surface area contributed by atoms with Gasteiger partial charge in [-0.2, -0.15) is 9.55 Å². The number of imidazole rings is 2. The molecule has 3 aromatic carbocycles. The first-order valence-corrected chi connectivity index (χ1v) is 11.9. The van der Waals surface area contributed by atoms with Gasteiger partial charge in [-0.3, -0.25) is 4.40 Å². The number of para-hydroxylation sites is 3. The molecule has 0 aliphatic heterocycles. The Labute approximate surface area is 204 Å². The number of halogens is 1. The number of rotatable bonds is 3. The second kappa shape index (κ2) is 7.31. The number of hydrogen-bond donors (Lipinski definition) is 0. The molecule has 6 heteroatoms. The molecule has 0 N–H and O–H groups in total. The van der Waals surface area contributed by atoms with E-state index in [1.54, 1.807) is 0 Å². The molecule has 0 unspecified atom stereocenters. The number of aromatic nitrogens is 3. The van der Waals surface area contributed by atoms with E-state index in [9.17, 15) is 0 Å². The maximum Gasteiger partial charge on any atom is 0.312 e. The molecule has 162 valence electrons. The van der Waals surface area contributed by atoms with Crippen LogP contribution < -0.4 is 0 Å². The van der Waals surface area contributed by atoms with E-state index in [0.29, 0.717) is 0 Å². The van der Waals surface area contributed by atoms with Gasteiger partial charge in [0.2, 0.25) is 0 Å². The van der Waals surface area contributed by atoms with Crippen molar-refractivity contribution >= 4 is 84.9 Å². The molecule has 0 radical (unpaired) electrons. The summed E-state index contributed by atoms with van der Waals surface area (Å²) in [4.78, 5) is 5.06. The SMILES string of the molecule is C=[N+](C)/C(=C\C=C/C)n1c2c(C)c(I)c3c4ccccc4oc3c2n2c3ccccc3nc12. The van der Waals surface area contributed by atoms with Crippen LogP contribution in [0.2, 0.25) is 0 Å². The Morgan fingerprint density at radius 1 is 1.12 bits per heavy atom. The molecule has 0 spiro atoms. The quantitative estimate of drug-likeness (QED) is 0.104. The monoisotopic (exact) mass is 545 g/mol. The Balaban J connectivity index is 1.97. The Morgan fingerprint density at radius 2 is 1.88 bits per heavy atom. The first-order chi connectivity index (χ1) is 16.0. The van der Waals surface area contributed by atoms with Crippen molar-refractivity contribution in [3.05, 3.63) is 75.9 Å². The van der Waals surface area contributed by atoms with Gasteiger partial charge in [0, 0.05) is 26.0 Å². The first-order valence-electron chi connectivity index (χ1n) is 10.8. The third-order valence-electron chi connectivity index (χ3n) is 6.19. The Kier molecular flexibility index (Phi) is 4.48. The standard InChI is InChI=1S/C27H22IN4O/c1-5-6-15-21(30(3)4)32-24-16(2)23(28)22-17-11-7-10-14-20(17)33-26(22)25(24)31-19-13-9-8-12-18(19)29-27(31)32/h5-15H,3H2,1-2,4H3/q+1/b6-5-,21-15+. The molecule has 33 heavy (non-hydrogen) atoms. The number of aryl methyl sites for hydroxylation is 1. The van der Waals surface area contributed by atoms with Crippen molar-refractivity contribution < 1.29 is 8.99 Å². The van der Waals surface area contributed by atoms with Crippen LogP contribution in [0.4, 0.5) is 0 Å². The minimum atomic E-state index is 0.837. The summed E-state index contributed by atoms with van der Waals surface area (Å²) < 4.78 is 14.0. The molecular formula is C27H22IN4O+. The summed E-state index contributed by atoms with van der Waals surface area (Å²) in [5.41, 5.74) is 7.05. The number of furan rings is 1. The van der Waals surface area contributed by atoms with Crippen molar-refractivity contribution in [2.45, 2.75) is 13.8 Å². The molecule has 0 bridgehead atoms. The molecule has 5 nitrogen and oxygen atoms in total. The van der Waals surface area contributed by atoms with Crippen molar-refractivity contribution in [1.82, 2.24) is 14.0 Å². The van der Waals surface area contributed by atoms with Gasteiger partial charge in [-0.1, -0.05) is 42.5 Å². The lowest BCUT2D eigenvalue weighted by atomic mass is 10.1. The molecule has 3 heterocycles. The van der Waals surface area contributed by atoms with Gasteiger partial charge < -0.3 is 4.42 Å². The van der Waals surface area contributed by atoms with Gasteiger partial charge in [-0.05, 0) is 54.6 Å². The molecule has 0 aliphatic rings. The van der Waals surface area contributed by atoms with Gasteiger partial charge in [0.05, 0.1) is 24.8 Å². The Morgan fingerprint density at radius 3 is 2.67 bits per heavy atom. The molecule has 6 rings (SSSR count). The van der Waals surface area contributed by atoms with Crippen LogP contribution in [-0.4, -0.2) is 32.3 Å². The third-order valence-corrected chi connectivity index (χ3v) is 7.54. The number of benzene rings is 3. The smallest absolute Gasteiger partial charge is 0.312 e. The van der Waals surface area contributed by atoms with E-state index in [4.69, 9.17) is 9.40 Å². The van der Waals surface area contributed by atoms with Gasteiger partial charge in [0.25, 0.3) is 5.82 Å². The normalized spacial score (nSPS) is 13.0. The third kappa shape index (κ3) is 2.70. The van der Waals surface area contributed by atoms with Gasteiger partial charge in [0.1, 0.15) is 11.1 Å². The molecule has 0 saturated heterocycles. The summed E-state index contributed by atoms with van der Waals surface area (Å²) in [6.07, 6.45) is 6.12. The van der Waals surface area contributed by atoms with Gasteiger partial charge in [0.15, 0.2) is 11.1 Å². The highest BCUT2D eigenvalue weighted by Gasteiger charge is 2.31. The van der Waals surface area contributed by atoms with Crippen LogP contribution in [0, 0.1) is 10.5 Å². The highest BCUT2D eigenvalue weighted by Crippen LogP contribution is 2.42. The van der Waals surface area contributed by atoms with E-state index in [-0.39, 0.29) is 0 Å². The van der Waals surface area contributed by atoms with E-state index in [1.807, 2.05) is 48.9 Å². The summed E-state index contributed by atoms with van der Waals surface area (Å²) >= 11 is 2.46. The fourth-order valence-corrected chi connectivity index (χ4v) is 5.53. The summed E-state index contributed by atoms with van der Waals surface area (Å²) in [5, 5.41) is 2.28. The van der Waals surface area contributed by atoms with E-state index in [1.165, 1.54) is 9.13 Å². The summed E-state index contributed by atoms with van der Waals surface area (Å²) in [5.74, 6) is 1.77. The van der Waals surface area contributed by atoms with Crippen molar-refractivity contribution in [3.63, 3.8) is 0 Å². The molecule has 6 aromatic rings. The molecule has 3 aromatic heterocycles. The zero-order chi connectivity index (χ0) is 22.9. The summed E-state index contributed by atoms with van der Waals surface area (Å²) in [6, 6.07) is 16.5. The zero-order valence-electron chi connectivity index (χ0n) is 18.6. The minimum Gasteiger partial charge on any atom is -0.454 e. The maximum absolute atomic E-state index is 6.53. The molecule has 0 fully saturated rings. The minimum absolute atomic E-state index is 0.837. The fraction of sp³-hybridized carbons (Fsp3) is 0.111. The average molecular weight is 545 g/mol. The van der Waals surface area contributed by atoms with Crippen molar-refractivity contribution in [1.29, 1.82) is 0 Å². The second-order valence-corrected chi connectivity index (χ2v) is 9.34.